The van der Waals surface area contributed by atoms with Crippen LogP contribution in [0.3, 0.4) is 0 Å². The minimum atomic E-state index is -5.73. The summed E-state index contributed by atoms with van der Waals surface area (Å²) in [6, 6.07) is 0. The van der Waals surface area contributed by atoms with Crippen LogP contribution in [0, 0.1) is 5.41 Å². The Hall–Kier alpha value is -1.45. The molecule has 0 aromatic heterocycles. The van der Waals surface area contributed by atoms with E-state index in [0.717, 1.165) is 0 Å². The van der Waals surface area contributed by atoms with Gasteiger partial charge < -0.3 is 14.2 Å². The summed E-state index contributed by atoms with van der Waals surface area (Å²) in [5.41, 5.74) is -4.14. The van der Waals surface area contributed by atoms with Crippen LogP contribution in [0.4, 0.5) is 22.0 Å². The van der Waals surface area contributed by atoms with Crippen molar-refractivity contribution in [3.8, 4) is 0 Å². The molecule has 134 valence electrons. The number of hydrogen-bond acceptors (Lipinski definition) is 5. The minimum Gasteiger partial charge on any atom is -0.450 e. The Morgan fingerprint density at radius 1 is 1.30 bits per heavy atom. The van der Waals surface area contributed by atoms with Crippen LogP contribution in [0.2, 0.25) is 0 Å². The van der Waals surface area contributed by atoms with Crippen molar-refractivity contribution in [2.24, 2.45) is 5.41 Å². The topological polar surface area (TPSA) is 61.8 Å². The average Bonchev–Trinajstić information content (AvgIpc) is 2.60. The zero-order chi connectivity index (χ0) is 18.3. The van der Waals surface area contributed by atoms with Gasteiger partial charge in [0.05, 0.1) is 12.0 Å². The molecule has 23 heavy (non-hydrogen) atoms. The number of esters is 1. The van der Waals surface area contributed by atoms with Gasteiger partial charge in [-0.05, 0) is 27.2 Å². The van der Waals surface area contributed by atoms with E-state index in [1.54, 1.807) is 6.92 Å². The smallest absolute Gasteiger partial charge is 0.450 e. The second-order valence-corrected chi connectivity index (χ2v) is 6.05. The molecular weight excluding hydrogens is 331 g/mol. The van der Waals surface area contributed by atoms with Crippen molar-refractivity contribution < 1.29 is 45.8 Å². The van der Waals surface area contributed by atoms with Crippen LogP contribution in [0.5, 0.6) is 0 Å². The molecule has 1 aliphatic heterocycles. The Balaban J connectivity index is 3.26. The van der Waals surface area contributed by atoms with Crippen molar-refractivity contribution >= 4 is 12.4 Å². The van der Waals surface area contributed by atoms with E-state index in [-0.39, 0.29) is 6.42 Å². The Labute approximate surface area is 129 Å². The quantitative estimate of drug-likeness (QED) is 0.434. The zero-order valence-corrected chi connectivity index (χ0v) is 12.9. The minimum absolute atomic E-state index is 0.212. The molecule has 0 aromatic carbocycles. The van der Waals surface area contributed by atoms with E-state index in [2.05, 4.69) is 14.2 Å². The van der Waals surface area contributed by atoms with Gasteiger partial charge in [-0.1, -0.05) is 6.92 Å². The molecule has 10 heteroatoms. The molecule has 1 rings (SSSR count). The molecule has 0 aliphatic carbocycles. The summed E-state index contributed by atoms with van der Waals surface area (Å²) in [7, 11) is 0. The van der Waals surface area contributed by atoms with Gasteiger partial charge in [-0.15, -0.1) is 0 Å². The number of halogens is 5. The molecule has 1 fully saturated rings. The maximum atomic E-state index is 14.4. The summed E-state index contributed by atoms with van der Waals surface area (Å²) in [6.45, 7) is 2.89. The summed E-state index contributed by atoms with van der Waals surface area (Å²) in [6.07, 6.45) is -5.52. The maximum Gasteiger partial charge on any atom is 0.462 e. The molecule has 2 atom stereocenters. The molecular formula is C13H17F5O5. The second-order valence-electron chi connectivity index (χ2n) is 6.05. The van der Waals surface area contributed by atoms with E-state index in [1.807, 2.05) is 0 Å². The Kier molecular flexibility index (Phi) is 4.75. The van der Waals surface area contributed by atoms with E-state index in [9.17, 15) is 31.5 Å². The predicted molar refractivity (Wildman–Crippen MR) is 65.4 cm³/mol. The summed E-state index contributed by atoms with van der Waals surface area (Å²) < 4.78 is 80.4. The Morgan fingerprint density at radius 2 is 1.83 bits per heavy atom. The van der Waals surface area contributed by atoms with Gasteiger partial charge >= 0.3 is 23.9 Å². The first-order chi connectivity index (χ1) is 10.2. The van der Waals surface area contributed by atoms with E-state index < -0.39 is 48.0 Å². The van der Waals surface area contributed by atoms with Crippen LogP contribution < -0.4 is 0 Å². The highest BCUT2D eigenvalue weighted by molar-refractivity contribution is 5.76. The first-order valence-electron chi connectivity index (χ1n) is 6.64. The van der Waals surface area contributed by atoms with Gasteiger partial charge in [0.1, 0.15) is 0 Å². The van der Waals surface area contributed by atoms with Crippen molar-refractivity contribution in [2.75, 3.05) is 6.61 Å². The fraction of sp³-hybridized carbons (Fsp3) is 0.846. The molecule has 1 heterocycles. The number of carbonyl (C=O) groups is 2. The number of alkyl halides is 5. The van der Waals surface area contributed by atoms with Crippen LogP contribution >= 0.6 is 0 Å². The van der Waals surface area contributed by atoms with E-state index in [4.69, 9.17) is 0 Å². The SMILES string of the molecule is CCC(C)(C)C(=O)OC1(C)COC(OC=O)(C(F)(F)F)C1(F)F. The Bertz CT molecular complexity index is 490. The maximum absolute atomic E-state index is 14.4. The van der Waals surface area contributed by atoms with Crippen LogP contribution in [0.15, 0.2) is 0 Å². The lowest BCUT2D eigenvalue weighted by atomic mass is 9.89. The van der Waals surface area contributed by atoms with Crippen molar-refractivity contribution in [1.82, 2.24) is 0 Å². The molecule has 1 saturated heterocycles. The van der Waals surface area contributed by atoms with E-state index in [0.29, 0.717) is 6.92 Å². The molecule has 0 saturated carbocycles. The summed E-state index contributed by atoms with van der Waals surface area (Å²) >= 11 is 0. The molecule has 0 aromatic rings. The van der Waals surface area contributed by atoms with Gasteiger partial charge in [0.25, 0.3) is 6.47 Å². The third-order valence-electron chi connectivity index (χ3n) is 3.97. The van der Waals surface area contributed by atoms with Crippen LogP contribution in [-0.2, 0) is 23.8 Å². The molecule has 0 amide bonds. The molecule has 0 radical (unpaired) electrons. The largest absolute Gasteiger partial charge is 0.462 e. The number of carbonyl (C=O) groups excluding carboxylic acids is 2. The molecule has 2 unspecified atom stereocenters. The molecule has 1 aliphatic rings. The van der Waals surface area contributed by atoms with Gasteiger partial charge in [-0.2, -0.15) is 22.0 Å². The lowest BCUT2D eigenvalue weighted by Crippen LogP contribution is -2.65. The third kappa shape index (κ3) is 2.77. The Morgan fingerprint density at radius 3 is 2.22 bits per heavy atom. The third-order valence-corrected chi connectivity index (χ3v) is 3.97. The van der Waals surface area contributed by atoms with Crippen LogP contribution in [0.25, 0.3) is 0 Å². The van der Waals surface area contributed by atoms with Crippen molar-refractivity contribution in [3.05, 3.63) is 0 Å². The lowest BCUT2D eigenvalue weighted by molar-refractivity contribution is -0.406. The number of ether oxygens (including phenoxy) is 3. The second kappa shape index (κ2) is 5.57. The van der Waals surface area contributed by atoms with Crippen LogP contribution in [-0.4, -0.2) is 42.5 Å². The average molecular weight is 348 g/mol. The summed E-state index contributed by atoms with van der Waals surface area (Å²) in [5.74, 6) is -10.5. The van der Waals surface area contributed by atoms with E-state index >= 15 is 0 Å². The van der Waals surface area contributed by atoms with Gasteiger partial charge in [-0.25, -0.2) is 0 Å². The summed E-state index contributed by atoms with van der Waals surface area (Å²) in [5, 5.41) is 0. The highest BCUT2D eigenvalue weighted by atomic mass is 19.4. The van der Waals surface area contributed by atoms with Crippen molar-refractivity contribution in [2.45, 2.75) is 57.6 Å². The van der Waals surface area contributed by atoms with Gasteiger partial charge in [-0.3, -0.25) is 9.59 Å². The fourth-order valence-corrected chi connectivity index (χ4v) is 1.85. The van der Waals surface area contributed by atoms with Gasteiger partial charge in [0.2, 0.25) is 5.60 Å². The van der Waals surface area contributed by atoms with Crippen molar-refractivity contribution in [3.63, 3.8) is 0 Å². The zero-order valence-electron chi connectivity index (χ0n) is 12.9. The first-order valence-corrected chi connectivity index (χ1v) is 6.64. The fourth-order valence-electron chi connectivity index (χ4n) is 1.85. The molecule has 0 spiro atoms. The molecule has 5 nitrogen and oxygen atoms in total. The van der Waals surface area contributed by atoms with Crippen molar-refractivity contribution in [1.29, 1.82) is 0 Å². The normalized spacial score (nSPS) is 30.8. The monoisotopic (exact) mass is 348 g/mol. The highest BCUT2D eigenvalue weighted by Crippen LogP contribution is 2.56. The predicted octanol–water partition coefficient (Wildman–Crippen LogP) is 2.82. The molecule has 0 bridgehead atoms. The lowest BCUT2D eigenvalue weighted by Gasteiger charge is -2.38. The van der Waals surface area contributed by atoms with Gasteiger partial charge in [0.15, 0.2) is 0 Å². The highest BCUT2D eigenvalue weighted by Gasteiger charge is 2.85. The molecule has 0 N–H and O–H groups in total. The number of hydrogen-bond donors (Lipinski definition) is 0. The standard InChI is InChI=1S/C13H17F5O5/c1-5-9(2,3)8(20)23-10(4)6-21-12(22-7-19,11(10,14)15)13(16,17)18/h7H,5-6H2,1-4H3. The van der Waals surface area contributed by atoms with E-state index in [1.165, 1.54) is 13.8 Å². The van der Waals surface area contributed by atoms with Gasteiger partial charge in [0, 0.05) is 0 Å². The first kappa shape index (κ1) is 19.6. The van der Waals surface area contributed by atoms with Crippen LogP contribution in [0.1, 0.15) is 34.1 Å². The summed E-state index contributed by atoms with van der Waals surface area (Å²) in [4.78, 5) is 22.3. The number of rotatable bonds is 5.